The number of carbonyl (C=O) groups excluding carboxylic acids is 1. The van der Waals surface area contributed by atoms with Crippen molar-refractivity contribution in [3.63, 3.8) is 0 Å². The van der Waals surface area contributed by atoms with Gasteiger partial charge in [0.25, 0.3) is 20.2 Å². The summed E-state index contributed by atoms with van der Waals surface area (Å²) in [6.07, 6.45) is 8.41. The molecule has 1 unspecified atom stereocenters. The van der Waals surface area contributed by atoms with Gasteiger partial charge in [0.15, 0.2) is 29.0 Å². The van der Waals surface area contributed by atoms with Crippen LogP contribution in [-0.2, 0) is 35.9 Å². The maximum absolute atomic E-state index is 15.7. The number of carboxylic acids is 1. The van der Waals surface area contributed by atoms with Crippen molar-refractivity contribution >= 4 is 43.3 Å². The first-order valence-corrected chi connectivity index (χ1v) is 21.2. The van der Waals surface area contributed by atoms with Gasteiger partial charge in [-0.1, -0.05) is 24.6 Å². The number of hydrogen-bond donors (Lipinski definition) is 2. The summed E-state index contributed by atoms with van der Waals surface area (Å²) in [5.74, 6) is -11.6. The van der Waals surface area contributed by atoms with Gasteiger partial charge in [0.2, 0.25) is 5.69 Å². The van der Waals surface area contributed by atoms with Gasteiger partial charge < -0.3 is 14.8 Å². The Labute approximate surface area is 322 Å². The summed E-state index contributed by atoms with van der Waals surface area (Å²) in [5.41, 5.74) is -2.50. The Morgan fingerprint density at radius 2 is 1.41 bits per heavy atom. The van der Waals surface area contributed by atoms with Crippen LogP contribution in [0.15, 0.2) is 48.2 Å². The Morgan fingerprint density at radius 3 is 2.04 bits per heavy atom. The molecule has 0 saturated heterocycles. The third-order valence-corrected chi connectivity index (χ3v) is 11.8. The van der Waals surface area contributed by atoms with Gasteiger partial charge in [-0.2, -0.15) is 21.4 Å². The Hall–Kier alpha value is -4.00. The summed E-state index contributed by atoms with van der Waals surface area (Å²) in [6.45, 7) is 4.99. The number of fused-ring (bicyclic) bond motifs is 2. The molecule has 10 nitrogen and oxygen atoms in total. The predicted molar refractivity (Wildman–Crippen MR) is 196 cm³/mol. The number of rotatable bonds is 19. The zero-order chi connectivity index (χ0) is 41.8. The Balaban J connectivity index is 1.77. The van der Waals surface area contributed by atoms with E-state index in [1.165, 1.54) is 36.1 Å². The molecule has 0 amide bonds. The van der Waals surface area contributed by atoms with Crippen molar-refractivity contribution in [3.05, 3.63) is 94.2 Å². The van der Waals surface area contributed by atoms with Crippen molar-refractivity contribution in [1.82, 2.24) is 0 Å². The van der Waals surface area contributed by atoms with Gasteiger partial charge in [0, 0.05) is 53.8 Å². The van der Waals surface area contributed by atoms with Crippen LogP contribution in [0.25, 0.3) is 0 Å². The van der Waals surface area contributed by atoms with Crippen LogP contribution < -0.4 is 10.0 Å². The van der Waals surface area contributed by atoms with E-state index in [9.17, 15) is 49.0 Å². The van der Waals surface area contributed by atoms with Crippen LogP contribution in [0.4, 0.5) is 37.7 Å². The van der Waals surface area contributed by atoms with Crippen molar-refractivity contribution in [2.24, 2.45) is 0 Å². The normalized spacial score (nSPS) is 18.9. The Morgan fingerprint density at radius 1 is 0.786 bits per heavy atom. The van der Waals surface area contributed by atoms with E-state index in [1.54, 1.807) is 30.6 Å². The number of nitrogens with zero attached hydrogens (tertiary/aromatic N) is 2. The monoisotopic (exact) mass is 834 g/mol. The maximum atomic E-state index is 15.7. The van der Waals surface area contributed by atoms with E-state index >= 15 is 13.2 Å². The predicted octanol–water partition coefficient (Wildman–Crippen LogP) is 6.71. The fraction of sp³-hybridized carbons (Fsp3) is 0.474. The van der Waals surface area contributed by atoms with Crippen LogP contribution in [-0.4, -0.2) is 66.8 Å². The van der Waals surface area contributed by atoms with Gasteiger partial charge in [0.1, 0.15) is 18.2 Å². The van der Waals surface area contributed by atoms with Crippen molar-refractivity contribution in [3.8, 4) is 0 Å². The molecule has 0 aromatic heterocycles. The lowest BCUT2D eigenvalue weighted by molar-refractivity contribution is -0.438. The first-order valence-electron chi connectivity index (χ1n) is 18.0. The van der Waals surface area contributed by atoms with E-state index in [1.807, 2.05) is 0 Å². The van der Waals surface area contributed by atoms with E-state index in [2.05, 4.69) is 0 Å². The molecule has 18 heteroatoms. The molecule has 4 rings (SSSR count). The molecule has 0 bridgehead atoms. The third kappa shape index (κ3) is 10.1. The number of benzene rings is 2. The van der Waals surface area contributed by atoms with Gasteiger partial charge in [-0.25, -0.2) is 26.3 Å². The summed E-state index contributed by atoms with van der Waals surface area (Å²) in [7, 11) is -8.76. The highest BCUT2D eigenvalue weighted by Crippen LogP contribution is 2.54. The number of anilines is 1. The quantitative estimate of drug-likeness (QED) is 0.0299. The minimum absolute atomic E-state index is 0.00147. The standard InChI is InChI=1S/C38H44F6N2O8S2/c1-37(2)27(45(18-10-5-8-16-29(47)48)26-23-24(39)22-25(40)30(26)37)14-6-4-7-15-28-38(3,17-9-12-20-55(49,50)51)31-32(41)33(42)34(43)35(44)36(31)46(28)19-11-13-21-56(52,53)54/h4,6-7,14-15,22-23H,5,8-13,16-21H2,1-3H3,(H2-,47,48,49,50,51,52,53,54). The molecule has 0 fully saturated rings. The largest absolute Gasteiger partial charge is 0.550 e. The minimum atomic E-state index is -4.38. The number of hydrogen-bond acceptors (Lipinski definition) is 7. The molecule has 2 aromatic rings. The highest BCUT2D eigenvalue weighted by molar-refractivity contribution is 7.86. The summed E-state index contributed by atoms with van der Waals surface area (Å²) < 4.78 is 156. The van der Waals surface area contributed by atoms with Crippen LogP contribution in [0, 0.1) is 34.9 Å². The van der Waals surface area contributed by atoms with Gasteiger partial charge in [0.05, 0.1) is 28.2 Å². The first-order chi connectivity index (χ1) is 26.0. The SMILES string of the molecule is CC1(C)C(C=CC=CC=C2N(CCCCS(=O)(=O)O)c3c(F)c(F)c(F)c(F)c3C2(C)CCCCS(=O)(=O)O)=[N+](CCCCCC(=O)[O-])c2cc(F)cc(F)c21. The molecule has 1 atom stereocenters. The van der Waals surface area contributed by atoms with Crippen LogP contribution in [0.3, 0.4) is 0 Å². The van der Waals surface area contributed by atoms with Crippen molar-refractivity contribution in [2.45, 2.75) is 89.4 Å². The molecular weight excluding hydrogens is 791 g/mol. The van der Waals surface area contributed by atoms with E-state index in [4.69, 9.17) is 0 Å². The number of aliphatic carboxylic acids is 1. The topological polar surface area (TPSA) is 155 Å². The molecule has 2 heterocycles. The highest BCUT2D eigenvalue weighted by atomic mass is 32.2. The second-order valence-corrected chi connectivity index (χ2v) is 17.8. The number of halogens is 6. The molecule has 0 radical (unpaired) electrons. The van der Waals surface area contributed by atoms with E-state index < -0.39 is 94.7 Å². The van der Waals surface area contributed by atoms with E-state index in [0.717, 1.165) is 6.07 Å². The van der Waals surface area contributed by atoms with Crippen molar-refractivity contribution in [1.29, 1.82) is 0 Å². The highest BCUT2D eigenvalue weighted by Gasteiger charge is 2.49. The third-order valence-electron chi connectivity index (χ3n) is 10.2. The molecule has 56 heavy (non-hydrogen) atoms. The van der Waals surface area contributed by atoms with Gasteiger partial charge in [-0.05, 0) is 71.8 Å². The van der Waals surface area contributed by atoms with Crippen LogP contribution in [0.1, 0.15) is 89.7 Å². The van der Waals surface area contributed by atoms with Crippen molar-refractivity contribution in [2.75, 3.05) is 29.5 Å². The number of allylic oxidation sites excluding steroid dienone is 6. The molecule has 0 aliphatic carbocycles. The Bertz CT molecular complexity index is 2200. The molecule has 2 aromatic carbocycles. The van der Waals surface area contributed by atoms with Crippen LogP contribution >= 0.6 is 0 Å². The zero-order valence-electron chi connectivity index (χ0n) is 31.1. The average molecular weight is 835 g/mol. The summed E-state index contributed by atoms with van der Waals surface area (Å²) in [6, 6.07) is 2.00. The molecular formula is C38H44F6N2O8S2. The summed E-state index contributed by atoms with van der Waals surface area (Å²) in [5, 5.41) is 10.9. The van der Waals surface area contributed by atoms with Gasteiger partial charge in [-0.15, -0.1) is 0 Å². The minimum Gasteiger partial charge on any atom is -0.550 e. The maximum Gasteiger partial charge on any atom is 0.264 e. The second kappa shape index (κ2) is 17.6. The molecule has 308 valence electrons. The second-order valence-electron chi connectivity index (χ2n) is 14.6. The smallest absolute Gasteiger partial charge is 0.264 e. The fourth-order valence-electron chi connectivity index (χ4n) is 7.60. The Kier molecular flexibility index (Phi) is 14.1. The molecule has 2 aliphatic rings. The molecule has 0 spiro atoms. The summed E-state index contributed by atoms with van der Waals surface area (Å²) in [4.78, 5) is 12.0. The number of carbonyl (C=O) groups is 1. The number of unbranched alkanes of at least 4 members (excludes halogenated alkanes) is 4. The fourth-order valence-corrected chi connectivity index (χ4v) is 8.74. The van der Waals surface area contributed by atoms with Crippen LogP contribution in [0.5, 0.6) is 0 Å². The zero-order valence-corrected chi connectivity index (χ0v) is 32.7. The molecule has 0 saturated carbocycles. The lowest BCUT2D eigenvalue weighted by Crippen LogP contribution is -2.30. The van der Waals surface area contributed by atoms with Gasteiger partial charge >= 0.3 is 0 Å². The van der Waals surface area contributed by atoms with Crippen molar-refractivity contribution < 1.29 is 66.8 Å². The van der Waals surface area contributed by atoms with E-state index in [0.29, 0.717) is 37.2 Å². The summed E-state index contributed by atoms with van der Waals surface area (Å²) >= 11 is 0. The lowest BCUT2D eigenvalue weighted by atomic mass is 9.76. The van der Waals surface area contributed by atoms with E-state index in [-0.39, 0.29) is 56.3 Å². The lowest BCUT2D eigenvalue weighted by Gasteiger charge is -2.30. The average Bonchev–Trinajstić information content (AvgIpc) is 3.44. The van der Waals surface area contributed by atoms with Crippen LogP contribution in [0.2, 0.25) is 0 Å². The van der Waals surface area contributed by atoms with Gasteiger partial charge in [-0.3, -0.25) is 9.11 Å². The first kappa shape index (κ1) is 44.7. The molecule has 2 N–H and O–H groups in total. The molecule has 2 aliphatic heterocycles. The number of carboxylic acid groups (broad SMARTS) is 1.